The minimum absolute atomic E-state index is 0.513. The van der Waals surface area contributed by atoms with Crippen molar-refractivity contribution >= 4 is 0 Å². The zero-order chi connectivity index (χ0) is 9.10. The number of nitrogens with two attached hydrogens (primary N) is 1. The Bertz CT molecular complexity index is 151. The van der Waals surface area contributed by atoms with E-state index in [2.05, 4.69) is 0 Å². The van der Waals surface area contributed by atoms with Crippen molar-refractivity contribution in [2.75, 3.05) is 0 Å². The van der Waals surface area contributed by atoms with Crippen LogP contribution in [0.2, 0.25) is 0 Å². The zero-order valence-electron chi connectivity index (χ0n) is 8.67. The van der Waals surface area contributed by atoms with Crippen LogP contribution in [0.3, 0.4) is 0 Å². The van der Waals surface area contributed by atoms with Crippen molar-refractivity contribution in [3.63, 3.8) is 0 Å². The number of hydrogen-bond donors (Lipinski definition) is 1. The Balaban J connectivity index is 1.75. The standard InChI is InChI=1S/C12H23N/c13-12-6-4-2-1-3-5-10-9-11(10)7-8-12/h10-12H,1-9,13H2. The predicted molar refractivity (Wildman–Crippen MR) is 56.5 cm³/mol. The van der Waals surface area contributed by atoms with Crippen LogP contribution < -0.4 is 5.73 Å². The average Bonchev–Trinajstić information content (AvgIpc) is 2.85. The molecule has 2 fully saturated rings. The Hall–Kier alpha value is -0.0400. The van der Waals surface area contributed by atoms with E-state index in [4.69, 9.17) is 5.73 Å². The van der Waals surface area contributed by atoms with Gasteiger partial charge in [0, 0.05) is 6.04 Å². The normalized spacial score (nSPS) is 41.8. The van der Waals surface area contributed by atoms with Crippen LogP contribution in [0.25, 0.3) is 0 Å². The first-order chi connectivity index (χ1) is 6.36. The number of rotatable bonds is 0. The second-order valence-corrected chi connectivity index (χ2v) is 5.08. The summed E-state index contributed by atoms with van der Waals surface area (Å²) in [6, 6.07) is 0.513. The molecule has 2 aliphatic rings. The molecular formula is C12H23N. The highest BCUT2D eigenvalue weighted by atomic mass is 14.6. The molecule has 0 bridgehead atoms. The highest BCUT2D eigenvalue weighted by Crippen LogP contribution is 2.45. The lowest BCUT2D eigenvalue weighted by Crippen LogP contribution is -2.19. The van der Waals surface area contributed by atoms with Gasteiger partial charge in [-0.25, -0.2) is 0 Å². The Morgan fingerprint density at radius 1 is 0.692 bits per heavy atom. The lowest BCUT2D eigenvalue weighted by Gasteiger charge is -2.09. The van der Waals surface area contributed by atoms with Crippen molar-refractivity contribution in [1.82, 2.24) is 0 Å². The molecule has 1 nitrogen and oxygen atoms in total. The van der Waals surface area contributed by atoms with Crippen LogP contribution in [0.5, 0.6) is 0 Å². The van der Waals surface area contributed by atoms with Crippen molar-refractivity contribution in [2.45, 2.75) is 63.8 Å². The Labute approximate surface area is 82.1 Å². The van der Waals surface area contributed by atoms with Crippen LogP contribution in [0, 0.1) is 11.8 Å². The third-order valence-corrected chi connectivity index (χ3v) is 3.88. The van der Waals surface area contributed by atoms with Gasteiger partial charge >= 0.3 is 0 Å². The topological polar surface area (TPSA) is 26.0 Å². The van der Waals surface area contributed by atoms with E-state index >= 15 is 0 Å². The summed E-state index contributed by atoms with van der Waals surface area (Å²) in [6.45, 7) is 0. The molecule has 0 radical (unpaired) electrons. The van der Waals surface area contributed by atoms with Crippen LogP contribution in [-0.2, 0) is 0 Å². The lowest BCUT2D eigenvalue weighted by atomic mass is 10.0. The summed E-state index contributed by atoms with van der Waals surface area (Å²) >= 11 is 0. The molecule has 0 heterocycles. The van der Waals surface area contributed by atoms with Gasteiger partial charge in [-0.1, -0.05) is 32.1 Å². The van der Waals surface area contributed by atoms with E-state index in [1.165, 1.54) is 57.8 Å². The molecule has 0 aromatic carbocycles. The molecule has 1 heteroatoms. The maximum absolute atomic E-state index is 6.06. The third kappa shape index (κ3) is 2.98. The quantitative estimate of drug-likeness (QED) is 0.610. The van der Waals surface area contributed by atoms with Gasteiger partial charge in [-0.05, 0) is 37.5 Å². The van der Waals surface area contributed by atoms with E-state index in [1.807, 2.05) is 0 Å². The van der Waals surface area contributed by atoms with Gasteiger partial charge in [0.15, 0.2) is 0 Å². The first-order valence-electron chi connectivity index (χ1n) is 6.12. The highest BCUT2D eigenvalue weighted by Gasteiger charge is 2.35. The van der Waals surface area contributed by atoms with Gasteiger partial charge < -0.3 is 5.73 Å². The van der Waals surface area contributed by atoms with E-state index in [1.54, 1.807) is 0 Å². The summed E-state index contributed by atoms with van der Waals surface area (Å²) in [5.74, 6) is 2.18. The summed E-state index contributed by atoms with van der Waals surface area (Å²) in [5.41, 5.74) is 6.06. The van der Waals surface area contributed by atoms with Crippen LogP contribution in [0.4, 0.5) is 0 Å². The van der Waals surface area contributed by atoms with Gasteiger partial charge in [-0.2, -0.15) is 0 Å². The van der Waals surface area contributed by atoms with Gasteiger partial charge in [0.05, 0.1) is 0 Å². The Morgan fingerprint density at radius 2 is 1.38 bits per heavy atom. The number of fused-ring (bicyclic) bond motifs is 1. The SMILES string of the molecule is NC1CCCCCCC2CC2CC1. The van der Waals surface area contributed by atoms with E-state index in [0.717, 1.165) is 11.8 Å². The van der Waals surface area contributed by atoms with Gasteiger partial charge in [0.2, 0.25) is 0 Å². The maximum Gasteiger partial charge on any atom is 0.00389 e. The monoisotopic (exact) mass is 181 g/mol. The van der Waals surface area contributed by atoms with Crippen molar-refractivity contribution in [3.05, 3.63) is 0 Å². The highest BCUT2D eigenvalue weighted by molar-refractivity contribution is 4.87. The smallest absolute Gasteiger partial charge is 0.00389 e. The van der Waals surface area contributed by atoms with Crippen LogP contribution in [-0.4, -0.2) is 6.04 Å². The predicted octanol–water partition coefficient (Wildman–Crippen LogP) is 3.08. The third-order valence-electron chi connectivity index (χ3n) is 3.88. The fraction of sp³-hybridized carbons (Fsp3) is 1.00. The number of hydrogen-bond acceptors (Lipinski definition) is 1. The second kappa shape index (κ2) is 4.45. The van der Waals surface area contributed by atoms with Gasteiger partial charge in [-0.15, -0.1) is 0 Å². The van der Waals surface area contributed by atoms with Gasteiger partial charge in [-0.3, -0.25) is 0 Å². The molecule has 0 aliphatic heterocycles. The molecule has 2 N–H and O–H groups in total. The minimum atomic E-state index is 0.513. The molecular weight excluding hydrogens is 158 g/mol. The Kier molecular flexibility index (Phi) is 3.26. The average molecular weight is 181 g/mol. The second-order valence-electron chi connectivity index (χ2n) is 5.08. The Morgan fingerprint density at radius 3 is 2.23 bits per heavy atom. The van der Waals surface area contributed by atoms with Crippen molar-refractivity contribution in [3.8, 4) is 0 Å². The minimum Gasteiger partial charge on any atom is -0.328 e. The molecule has 3 unspecified atom stereocenters. The summed E-state index contributed by atoms with van der Waals surface area (Å²) in [4.78, 5) is 0. The molecule has 0 aromatic heterocycles. The van der Waals surface area contributed by atoms with Crippen molar-refractivity contribution in [1.29, 1.82) is 0 Å². The molecule has 0 amide bonds. The molecule has 13 heavy (non-hydrogen) atoms. The van der Waals surface area contributed by atoms with E-state index in [9.17, 15) is 0 Å². The van der Waals surface area contributed by atoms with Crippen LogP contribution >= 0.6 is 0 Å². The largest absolute Gasteiger partial charge is 0.328 e. The fourth-order valence-corrected chi connectivity index (χ4v) is 2.76. The molecule has 3 atom stereocenters. The van der Waals surface area contributed by atoms with E-state index in [0.29, 0.717) is 6.04 Å². The first-order valence-corrected chi connectivity index (χ1v) is 6.12. The summed E-state index contributed by atoms with van der Waals surface area (Å²) < 4.78 is 0. The first kappa shape index (κ1) is 9.51. The summed E-state index contributed by atoms with van der Waals surface area (Å²) in [7, 11) is 0. The summed E-state index contributed by atoms with van der Waals surface area (Å²) in [5, 5.41) is 0. The molecule has 0 saturated heterocycles. The maximum atomic E-state index is 6.06. The van der Waals surface area contributed by atoms with E-state index < -0.39 is 0 Å². The molecule has 0 aromatic rings. The summed E-state index contributed by atoms with van der Waals surface area (Å²) in [6.07, 6.45) is 12.8. The van der Waals surface area contributed by atoms with Crippen LogP contribution in [0.15, 0.2) is 0 Å². The molecule has 2 aliphatic carbocycles. The van der Waals surface area contributed by atoms with E-state index in [-0.39, 0.29) is 0 Å². The molecule has 2 rings (SSSR count). The zero-order valence-corrected chi connectivity index (χ0v) is 8.67. The molecule has 76 valence electrons. The van der Waals surface area contributed by atoms with Crippen molar-refractivity contribution < 1.29 is 0 Å². The lowest BCUT2D eigenvalue weighted by molar-refractivity contribution is 0.497. The fourth-order valence-electron chi connectivity index (χ4n) is 2.76. The van der Waals surface area contributed by atoms with Crippen molar-refractivity contribution in [2.24, 2.45) is 17.6 Å². The molecule has 0 spiro atoms. The van der Waals surface area contributed by atoms with Gasteiger partial charge in [0.1, 0.15) is 0 Å². The van der Waals surface area contributed by atoms with Crippen LogP contribution in [0.1, 0.15) is 57.8 Å². The molecule has 2 saturated carbocycles. The van der Waals surface area contributed by atoms with Gasteiger partial charge in [0.25, 0.3) is 0 Å².